The van der Waals surface area contributed by atoms with Gasteiger partial charge in [0.1, 0.15) is 12.1 Å². The summed E-state index contributed by atoms with van der Waals surface area (Å²) in [6, 6.07) is 8.56. The number of amides is 2. The third-order valence-corrected chi connectivity index (χ3v) is 4.93. The van der Waals surface area contributed by atoms with E-state index < -0.39 is 29.3 Å². The van der Waals surface area contributed by atoms with Gasteiger partial charge in [0.05, 0.1) is 16.6 Å². The van der Waals surface area contributed by atoms with Crippen LogP contribution in [-0.2, 0) is 14.3 Å². The van der Waals surface area contributed by atoms with E-state index in [1.165, 1.54) is 6.08 Å². The Bertz CT molecular complexity index is 1010. The van der Waals surface area contributed by atoms with Crippen molar-refractivity contribution >= 4 is 45.9 Å². The standard InChI is InChI=1S/C19H17NO6S/c1-3-11(2)25-16(21)10-20-17(22)15(27-19(20)24)9-13-8-12-6-4-5-7-14(12)26-18(13)23/h4-9,11H,3,10H2,1-2H3/b15-9+/t11-/m0/s1. The van der Waals surface area contributed by atoms with Crippen molar-refractivity contribution in [3.05, 3.63) is 51.2 Å². The molecule has 0 saturated carbocycles. The average molecular weight is 387 g/mol. The van der Waals surface area contributed by atoms with Gasteiger partial charge >= 0.3 is 11.6 Å². The first-order valence-electron chi connectivity index (χ1n) is 8.36. The lowest BCUT2D eigenvalue weighted by molar-refractivity contribution is -0.150. The van der Waals surface area contributed by atoms with Crippen molar-refractivity contribution in [2.24, 2.45) is 0 Å². The highest BCUT2D eigenvalue weighted by molar-refractivity contribution is 8.18. The van der Waals surface area contributed by atoms with E-state index in [1.54, 1.807) is 37.3 Å². The molecule has 2 heterocycles. The number of thioether (sulfide) groups is 1. The lowest BCUT2D eigenvalue weighted by Crippen LogP contribution is -2.35. The smallest absolute Gasteiger partial charge is 0.343 e. The molecule has 1 saturated heterocycles. The van der Waals surface area contributed by atoms with Crippen LogP contribution in [0.15, 0.2) is 44.4 Å². The molecule has 0 aliphatic carbocycles. The summed E-state index contributed by atoms with van der Waals surface area (Å²) in [5.41, 5.74) is -0.0291. The van der Waals surface area contributed by atoms with Gasteiger partial charge < -0.3 is 9.15 Å². The SMILES string of the molecule is CC[C@H](C)OC(=O)CN1C(=O)S/C(=C/c2cc3ccccc3oc2=O)C1=O. The fraction of sp³-hybridized carbons (Fsp3) is 0.263. The minimum absolute atomic E-state index is 0.0546. The van der Waals surface area contributed by atoms with Crippen LogP contribution in [-0.4, -0.2) is 34.7 Å². The Kier molecular flexibility index (Phi) is 5.46. The fourth-order valence-electron chi connectivity index (χ4n) is 2.43. The van der Waals surface area contributed by atoms with E-state index >= 15 is 0 Å². The highest BCUT2D eigenvalue weighted by Crippen LogP contribution is 2.32. The number of carbonyl (C=O) groups is 3. The first-order valence-corrected chi connectivity index (χ1v) is 9.18. The summed E-state index contributed by atoms with van der Waals surface area (Å²) in [5, 5.41) is 0.109. The molecule has 0 radical (unpaired) electrons. The molecule has 1 aliphatic heterocycles. The van der Waals surface area contributed by atoms with Gasteiger partial charge in [0.2, 0.25) is 0 Å². The van der Waals surface area contributed by atoms with Crippen LogP contribution in [0, 0.1) is 0 Å². The molecule has 2 amide bonds. The Balaban J connectivity index is 1.83. The summed E-state index contributed by atoms with van der Waals surface area (Å²) in [4.78, 5) is 49.4. The van der Waals surface area contributed by atoms with E-state index in [4.69, 9.17) is 9.15 Å². The van der Waals surface area contributed by atoms with Crippen LogP contribution in [0.1, 0.15) is 25.8 Å². The molecule has 7 nitrogen and oxygen atoms in total. The Labute approximate surface area is 159 Å². The van der Waals surface area contributed by atoms with Crippen molar-refractivity contribution in [1.29, 1.82) is 0 Å². The molecule has 1 atom stereocenters. The van der Waals surface area contributed by atoms with Crippen LogP contribution in [0.3, 0.4) is 0 Å². The first-order chi connectivity index (χ1) is 12.9. The summed E-state index contributed by atoms with van der Waals surface area (Å²) >= 11 is 0.668. The van der Waals surface area contributed by atoms with E-state index in [2.05, 4.69) is 0 Å². The second-order valence-electron chi connectivity index (χ2n) is 6.00. The number of fused-ring (bicyclic) bond motifs is 1. The highest BCUT2D eigenvalue weighted by atomic mass is 32.2. The predicted molar refractivity (Wildman–Crippen MR) is 101 cm³/mol. The normalized spacial score (nSPS) is 17.0. The summed E-state index contributed by atoms with van der Waals surface area (Å²) in [5.74, 6) is -1.29. The van der Waals surface area contributed by atoms with Gasteiger partial charge in [-0.15, -0.1) is 0 Å². The van der Waals surface area contributed by atoms with Gasteiger partial charge in [-0.3, -0.25) is 19.3 Å². The molecule has 1 aromatic carbocycles. The van der Waals surface area contributed by atoms with Crippen molar-refractivity contribution < 1.29 is 23.5 Å². The van der Waals surface area contributed by atoms with Crippen LogP contribution in [0.5, 0.6) is 0 Å². The monoisotopic (exact) mass is 387 g/mol. The molecule has 27 heavy (non-hydrogen) atoms. The number of hydrogen-bond acceptors (Lipinski definition) is 7. The van der Waals surface area contributed by atoms with Crippen molar-refractivity contribution in [3.63, 3.8) is 0 Å². The second-order valence-corrected chi connectivity index (χ2v) is 7.00. The van der Waals surface area contributed by atoms with Gasteiger partial charge in [-0.25, -0.2) is 4.79 Å². The third kappa shape index (κ3) is 4.11. The molecule has 8 heteroatoms. The minimum atomic E-state index is -0.655. The van der Waals surface area contributed by atoms with Crippen molar-refractivity contribution in [1.82, 2.24) is 4.90 Å². The lowest BCUT2D eigenvalue weighted by atomic mass is 10.2. The maximum Gasteiger partial charge on any atom is 0.343 e. The predicted octanol–water partition coefficient (Wildman–Crippen LogP) is 3.17. The lowest BCUT2D eigenvalue weighted by Gasteiger charge is -2.14. The number of esters is 1. The van der Waals surface area contributed by atoms with Gasteiger partial charge in [-0.2, -0.15) is 0 Å². The zero-order valence-corrected chi connectivity index (χ0v) is 15.6. The molecule has 0 spiro atoms. The van der Waals surface area contributed by atoms with Crippen LogP contribution < -0.4 is 5.63 Å². The third-order valence-electron chi connectivity index (χ3n) is 4.02. The largest absolute Gasteiger partial charge is 0.461 e. The van der Waals surface area contributed by atoms with E-state index in [1.807, 2.05) is 6.92 Å². The number of benzene rings is 1. The summed E-state index contributed by atoms with van der Waals surface area (Å²) in [6.07, 6.45) is 1.64. The molecule has 1 aliphatic rings. The number of hydrogen-bond donors (Lipinski definition) is 0. The first kappa shape index (κ1) is 18.9. The van der Waals surface area contributed by atoms with E-state index in [0.29, 0.717) is 29.2 Å². The quantitative estimate of drug-likeness (QED) is 0.442. The molecule has 3 rings (SSSR count). The van der Waals surface area contributed by atoms with Gasteiger partial charge in [0, 0.05) is 5.39 Å². The summed E-state index contributed by atoms with van der Waals surface area (Å²) < 4.78 is 10.3. The van der Waals surface area contributed by atoms with Gasteiger partial charge in [-0.1, -0.05) is 25.1 Å². The van der Waals surface area contributed by atoms with E-state index in [-0.39, 0.29) is 16.6 Å². The zero-order chi connectivity index (χ0) is 19.6. The highest BCUT2D eigenvalue weighted by Gasteiger charge is 2.37. The minimum Gasteiger partial charge on any atom is -0.461 e. The number of ether oxygens (including phenoxy) is 1. The number of nitrogens with zero attached hydrogens (tertiary/aromatic N) is 1. The Morgan fingerprint density at radius 3 is 2.78 bits per heavy atom. The van der Waals surface area contributed by atoms with Crippen LogP contribution >= 0.6 is 11.8 Å². The summed E-state index contributed by atoms with van der Waals surface area (Å²) in [6.45, 7) is 3.12. The molecule has 0 unspecified atom stereocenters. The fourth-order valence-corrected chi connectivity index (χ4v) is 3.26. The molecular weight excluding hydrogens is 370 g/mol. The Morgan fingerprint density at radius 1 is 1.30 bits per heavy atom. The molecule has 1 fully saturated rings. The molecule has 140 valence electrons. The van der Waals surface area contributed by atoms with E-state index in [9.17, 15) is 19.2 Å². The number of rotatable bonds is 5. The average Bonchev–Trinajstić information content (AvgIpc) is 2.89. The Morgan fingerprint density at radius 2 is 2.04 bits per heavy atom. The molecule has 2 aromatic rings. The number of carbonyl (C=O) groups excluding carboxylic acids is 3. The molecule has 0 bridgehead atoms. The zero-order valence-electron chi connectivity index (χ0n) is 14.8. The Hall–Kier alpha value is -2.87. The van der Waals surface area contributed by atoms with Gasteiger partial charge in [0.15, 0.2) is 0 Å². The van der Waals surface area contributed by atoms with Gasteiger partial charge in [-0.05, 0) is 43.3 Å². The van der Waals surface area contributed by atoms with Gasteiger partial charge in [0.25, 0.3) is 11.1 Å². The maximum atomic E-state index is 12.5. The van der Waals surface area contributed by atoms with Crippen molar-refractivity contribution in [2.45, 2.75) is 26.4 Å². The summed E-state index contributed by atoms with van der Waals surface area (Å²) in [7, 11) is 0. The topological polar surface area (TPSA) is 93.9 Å². The van der Waals surface area contributed by atoms with Crippen molar-refractivity contribution in [3.8, 4) is 0 Å². The number of para-hydroxylation sites is 1. The maximum absolute atomic E-state index is 12.5. The van der Waals surface area contributed by atoms with Crippen molar-refractivity contribution in [2.75, 3.05) is 6.54 Å². The molecule has 0 N–H and O–H groups in total. The number of imide groups is 1. The van der Waals surface area contributed by atoms with Crippen LogP contribution in [0.2, 0.25) is 0 Å². The van der Waals surface area contributed by atoms with E-state index in [0.717, 1.165) is 4.90 Å². The second kappa shape index (κ2) is 7.79. The van der Waals surface area contributed by atoms with Crippen LogP contribution in [0.25, 0.3) is 17.0 Å². The van der Waals surface area contributed by atoms with Crippen LogP contribution in [0.4, 0.5) is 4.79 Å². The molecular formula is C19H17NO6S. The molecule has 1 aromatic heterocycles.